The quantitative estimate of drug-likeness (QED) is 0.677. The van der Waals surface area contributed by atoms with E-state index < -0.39 is 20.0 Å². The maximum absolute atomic E-state index is 12.4. The van der Waals surface area contributed by atoms with E-state index in [0.717, 1.165) is 5.56 Å². The molecule has 0 bridgehead atoms. The lowest BCUT2D eigenvalue weighted by Crippen LogP contribution is -2.26. The Morgan fingerprint density at radius 2 is 1.46 bits per heavy atom. The summed E-state index contributed by atoms with van der Waals surface area (Å²) < 4.78 is 59.9. The number of sulfonamides is 2. The lowest BCUT2D eigenvalue weighted by atomic mass is 10.2. The average Bonchev–Trinajstić information content (AvgIpc) is 2.60. The fourth-order valence-electron chi connectivity index (χ4n) is 2.24. The van der Waals surface area contributed by atoms with E-state index in [2.05, 4.69) is 4.72 Å². The van der Waals surface area contributed by atoms with Crippen LogP contribution in [0.2, 0.25) is 0 Å². The van der Waals surface area contributed by atoms with E-state index in [9.17, 15) is 16.8 Å². The second-order valence-corrected chi connectivity index (χ2v) is 8.68. The highest BCUT2D eigenvalue weighted by molar-refractivity contribution is 7.89. The molecule has 0 aliphatic heterocycles. The first-order valence-electron chi connectivity index (χ1n) is 7.51. The van der Waals surface area contributed by atoms with E-state index in [1.165, 1.54) is 44.6 Å². The Balaban J connectivity index is 2.04. The van der Waals surface area contributed by atoms with Crippen molar-refractivity contribution >= 4 is 20.0 Å². The van der Waals surface area contributed by atoms with Crippen LogP contribution >= 0.6 is 0 Å². The molecule has 0 saturated heterocycles. The van der Waals surface area contributed by atoms with Gasteiger partial charge in [-0.05, 0) is 36.2 Å². The van der Waals surface area contributed by atoms with Crippen LogP contribution < -0.4 is 19.3 Å². The Labute approximate surface area is 153 Å². The monoisotopic (exact) mass is 400 g/mol. The standard InChI is InChI=1S/C16H20N2O6S2/c1-23-15-8-7-14(11-16(15)24-2)26(21,22)18-10-9-12-3-5-13(6-4-12)25(17,19)20/h3-8,11,18H,9-10H2,1-2H3,(H2,17,19,20). The van der Waals surface area contributed by atoms with Gasteiger partial charge in [0, 0.05) is 12.6 Å². The van der Waals surface area contributed by atoms with E-state index in [1.54, 1.807) is 12.1 Å². The van der Waals surface area contributed by atoms with E-state index in [1.807, 2.05) is 0 Å². The Hall–Kier alpha value is -2.14. The van der Waals surface area contributed by atoms with Gasteiger partial charge in [0.2, 0.25) is 20.0 Å². The molecule has 142 valence electrons. The number of rotatable bonds is 8. The van der Waals surface area contributed by atoms with E-state index >= 15 is 0 Å². The molecule has 3 N–H and O–H groups in total. The molecule has 0 fully saturated rings. The van der Waals surface area contributed by atoms with Gasteiger partial charge in [-0.2, -0.15) is 0 Å². The second kappa shape index (κ2) is 8.04. The van der Waals surface area contributed by atoms with Crippen LogP contribution in [0, 0.1) is 0 Å². The zero-order chi connectivity index (χ0) is 19.4. The van der Waals surface area contributed by atoms with E-state index in [4.69, 9.17) is 14.6 Å². The van der Waals surface area contributed by atoms with Crippen LogP contribution in [-0.4, -0.2) is 37.6 Å². The minimum Gasteiger partial charge on any atom is -0.493 e. The number of hydrogen-bond acceptors (Lipinski definition) is 6. The first-order chi connectivity index (χ1) is 12.2. The Morgan fingerprint density at radius 1 is 0.885 bits per heavy atom. The smallest absolute Gasteiger partial charge is 0.240 e. The van der Waals surface area contributed by atoms with Crippen molar-refractivity contribution < 1.29 is 26.3 Å². The number of hydrogen-bond donors (Lipinski definition) is 2. The molecule has 8 nitrogen and oxygen atoms in total. The molecular formula is C16H20N2O6S2. The highest BCUT2D eigenvalue weighted by atomic mass is 32.2. The molecular weight excluding hydrogens is 380 g/mol. The summed E-state index contributed by atoms with van der Waals surface area (Å²) in [6.45, 7) is 0.144. The first kappa shape index (κ1) is 20.2. The third kappa shape index (κ3) is 4.94. The van der Waals surface area contributed by atoms with Crippen molar-refractivity contribution in [3.05, 3.63) is 48.0 Å². The summed E-state index contributed by atoms with van der Waals surface area (Å²) >= 11 is 0. The van der Waals surface area contributed by atoms with Crippen LogP contribution in [0.5, 0.6) is 11.5 Å². The minimum atomic E-state index is -3.75. The zero-order valence-corrected chi connectivity index (χ0v) is 15.9. The number of nitrogens with two attached hydrogens (primary N) is 1. The molecule has 2 rings (SSSR count). The topological polar surface area (TPSA) is 125 Å². The molecule has 2 aromatic rings. The summed E-state index contributed by atoms with van der Waals surface area (Å²) in [4.78, 5) is 0.0619. The third-order valence-electron chi connectivity index (χ3n) is 3.62. The van der Waals surface area contributed by atoms with Gasteiger partial charge in [-0.25, -0.2) is 26.7 Å². The van der Waals surface area contributed by atoms with Crippen molar-refractivity contribution in [1.82, 2.24) is 4.72 Å². The molecule has 0 radical (unpaired) electrons. The summed E-state index contributed by atoms with van der Waals surface area (Å²) in [5, 5.41) is 5.03. The molecule has 0 unspecified atom stereocenters. The van der Waals surface area contributed by atoms with E-state index in [-0.39, 0.29) is 16.3 Å². The number of benzene rings is 2. The predicted octanol–water partition coefficient (Wildman–Crippen LogP) is 0.872. The molecule has 26 heavy (non-hydrogen) atoms. The third-order valence-corrected chi connectivity index (χ3v) is 6.01. The Morgan fingerprint density at radius 3 is 2.00 bits per heavy atom. The van der Waals surface area contributed by atoms with Crippen molar-refractivity contribution in [2.45, 2.75) is 16.2 Å². The van der Waals surface area contributed by atoms with Crippen LogP contribution in [0.1, 0.15) is 5.56 Å². The van der Waals surface area contributed by atoms with Gasteiger partial charge in [0.15, 0.2) is 11.5 Å². The summed E-state index contributed by atoms with van der Waals surface area (Å²) in [5.41, 5.74) is 0.771. The summed E-state index contributed by atoms with van der Waals surface area (Å²) in [5.74, 6) is 0.746. The van der Waals surface area contributed by atoms with Gasteiger partial charge in [-0.3, -0.25) is 0 Å². The number of ether oxygens (including phenoxy) is 2. The van der Waals surface area contributed by atoms with Gasteiger partial charge < -0.3 is 9.47 Å². The molecule has 2 aromatic carbocycles. The molecule has 0 aliphatic rings. The summed E-state index contributed by atoms with van der Waals surface area (Å²) in [6.07, 6.45) is 0.386. The highest BCUT2D eigenvalue weighted by Crippen LogP contribution is 2.29. The van der Waals surface area contributed by atoms with Gasteiger partial charge in [0.25, 0.3) is 0 Å². The van der Waals surface area contributed by atoms with Crippen LogP contribution in [0.25, 0.3) is 0 Å². The largest absolute Gasteiger partial charge is 0.493 e. The molecule has 10 heteroatoms. The normalized spacial score (nSPS) is 12.0. The van der Waals surface area contributed by atoms with Crippen molar-refractivity contribution in [2.24, 2.45) is 5.14 Å². The lowest BCUT2D eigenvalue weighted by Gasteiger charge is -2.11. The van der Waals surface area contributed by atoms with Crippen molar-refractivity contribution in [2.75, 3.05) is 20.8 Å². The molecule has 0 aromatic heterocycles. The van der Waals surface area contributed by atoms with Gasteiger partial charge in [-0.1, -0.05) is 12.1 Å². The fraction of sp³-hybridized carbons (Fsp3) is 0.250. The van der Waals surface area contributed by atoms with Crippen molar-refractivity contribution in [3.63, 3.8) is 0 Å². The number of primary sulfonamides is 1. The van der Waals surface area contributed by atoms with Crippen LogP contribution in [0.4, 0.5) is 0 Å². The molecule has 0 heterocycles. The Kier molecular flexibility index (Phi) is 6.24. The van der Waals surface area contributed by atoms with Crippen molar-refractivity contribution in [1.29, 1.82) is 0 Å². The molecule has 0 atom stereocenters. The lowest BCUT2D eigenvalue weighted by molar-refractivity contribution is 0.354. The minimum absolute atomic E-state index is 0.00663. The SMILES string of the molecule is COc1ccc(S(=O)(=O)NCCc2ccc(S(N)(=O)=O)cc2)cc1OC. The molecule has 0 amide bonds. The van der Waals surface area contributed by atoms with E-state index in [0.29, 0.717) is 17.9 Å². The van der Waals surface area contributed by atoms with Crippen LogP contribution in [0.15, 0.2) is 52.3 Å². The van der Waals surface area contributed by atoms with Gasteiger partial charge in [-0.15, -0.1) is 0 Å². The summed E-state index contributed by atoms with van der Waals surface area (Å²) in [6, 6.07) is 10.3. The van der Waals surface area contributed by atoms with Gasteiger partial charge in [0.1, 0.15) is 0 Å². The highest BCUT2D eigenvalue weighted by Gasteiger charge is 2.16. The van der Waals surface area contributed by atoms with Crippen LogP contribution in [0.3, 0.4) is 0 Å². The molecule has 0 saturated carbocycles. The predicted molar refractivity (Wildman–Crippen MR) is 96.3 cm³/mol. The number of methoxy groups -OCH3 is 2. The summed E-state index contributed by atoms with van der Waals surface area (Å²) in [7, 11) is -4.58. The second-order valence-electron chi connectivity index (χ2n) is 5.35. The number of nitrogens with one attached hydrogen (secondary N) is 1. The average molecular weight is 400 g/mol. The van der Waals surface area contributed by atoms with Crippen molar-refractivity contribution in [3.8, 4) is 11.5 Å². The fourth-order valence-corrected chi connectivity index (χ4v) is 3.80. The maximum atomic E-state index is 12.4. The van der Waals surface area contributed by atoms with Crippen LogP contribution in [-0.2, 0) is 26.5 Å². The van der Waals surface area contributed by atoms with Gasteiger partial charge in [0.05, 0.1) is 24.0 Å². The first-order valence-corrected chi connectivity index (χ1v) is 10.5. The maximum Gasteiger partial charge on any atom is 0.240 e. The van der Waals surface area contributed by atoms with Gasteiger partial charge >= 0.3 is 0 Å². The molecule has 0 aliphatic carbocycles. The Bertz CT molecular complexity index is 970. The molecule has 0 spiro atoms. The zero-order valence-electron chi connectivity index (χ0n) is 14.3.